The van der Waals surface area contributed by atoms with Crippen LogP contribution in [0.25, 0.3) is 0 Å². The molecule has 1 atom stereocenters. The molecule has 0 rings (SSSR count). The molecule has 0 spiro atoms. The lowest BCUT2D eigenvalue weighted by Crippen LogP contribution is -2.27. The first-order valence-corrected chi connectivity index (χ1v) is 5.01. The Morgan fingerprint density at radius 1 is 1.60 bits per heavy atom. The molecule has 62 valence electrons. The number of rotatable bonds is 4. The molecular formula is C5H14N2O2S. The molecule has 0 fully saturated rings. The highest BCUT2D eigenvalue weighted by Crippen LogP contribution is 1.83. The van der Waals surface area contributed by atoms with Gasteiger partial charge >= 0.3 is 0 Å². The Labute approximate surface area is 61.8 Å². The molecule has 0 heterocycles. The quantitative estimate of drug-likeness (QED) is 0.578. The van der Waals surface area contributed by atoms with Crippen LogP contribution in [0.4, 0.5) is 0 Å². The SMILES string of the molecule is CC(N)CCNS(C)(=O)=O. The fourth-order valence-electron chi connectivity index (χ4n) is 0.472. The predicted molar refractivity (Wildman–Crippen MR) is 41.1 cm³/mol. The molecule has 0 aromatic rings. The maximum absolute atomic E-state index is 10.5. The second-order valence-corrected chi connectivity index (χ2v) is 4.27. The van der Waals surface area contributed by atoms with Crippen LogP contribution < -0.4 is 10.5 Å². The van der Waals surface area contributed by atoms with Crippen molar-refractivity contribution in [2.24, 2.45) is 5.73 Å². The summed E-state index contributed by atoms with van der Waals surface area (Å²) in [6.07, 6.45) is 1.81. The summed E-state index contributed by atoms with van der Waals surface area (Å²) in [5.41, 5.74) is 5.39. The molecule has 0 aliphatic heterocycles. The molecule has 4 nitrogen and oxygen atoms in total. The zero-order valence-electron chi connectivity index (χ0n) is 6.29. The third kappa shape index (κ3) is 7.87. The maximum atomic E-state index is 10.5. The van der Waals surface area contributed by atoms with Crippen LogP contribution in [0, 0.1) is 0 Å². The average molecular weight is 166 g/mol. The highest BCUT2D eigenvalue weighted by atomic mass is 32.2. The molecule has 1 unspecified atom stereocenters. The molecule has 0 radical (unpaired) electrons. The standard InChI is InChI=1S/C5H14N2O2S/c1-5(6)3-4-7-10(2,8)9/h5,7H,3-4,6H2,1-2H3. The van der Waals surface area contributed by atoms with Crippen LogP contribution in [0.5, 0.6) is 0 Å². The summed E-state index contributed by atoms with van der Waals surface area (Å²) in [7, 11) is -3.03. The molecule has 0 aliphatic carbocycles. The molecule has 0 bridgehead atoms. The van der Waals surface area contributed by atoms with Crippen molar-refractivity contribution in [3.05, 3.63) is 0 Å². The van der Waals surface area contributed by atoms with Crippen molar-refractivity contribution in [3.63, 3.8) is 0 Å². The van der Waals surface area contributed by atoms with Gasteiger partial charge in [0, 0.05) is 12.6 Å². The van der Waals surface area contributed by atoms with Crippen LogP contribution in [0.1, 0.15) is 13.3 Å². The third-order valence-electron chi connectivity index (χ3n) is 0.964. The molecule has 0 saturated carbocycles. The van der Waals surface area contributed by atoms with E-state index in [1.54, 1.807) is 0 Å². The zero-order chi connectivity index (χ0) is 8.20. The Morgan fingerprint density at radius 2 is 2.10 bits per heavy atom. The van der Waals surface area contributed by atoms with Gasteiger partial charge in [0.15, 0.2) is 0 Å². The number of nitrogens with one attached hydrogen (secondary N) is 1. The first-order chi connectivity index (χ1) is 4.42. The van der Waals surface area contributed by atoms with Crippen molar-refractivity contribution in [3.8, 4) is 0 Å². The number of sulfonamides is 1. The minimum atomic E-state index is -3.03. The Bertz CT molecular complexity index is 174. The van der Waals surface area contributed by atoms with E-state index in [-0.39, 0.29) is 6.04 Å². The Kier molecular flexibility index (Phi) is 3.85. The molecule has 0 aliphatic rings. The van der Waals surface area contributed by atoms with E-state index in [9.17, 15) is 8.42 Å². The summed E-state index contributed by atoms with van der Waals surface area (Å²) < 4.78 is 23.3. The molecule has 0 aromatic carbocycles. The van der Waals surface area contributed by atoms with Gasteiger partial charge in [-0.05, 0) is 13.3 Å². The summed E-state index contributed by atoms with van der Waals surface area (Å²) in [5.74, 6) is 0. The number of nitrogens with two attached hydrogens (primary N) is 1. The highest BCUT2D eigenvalue weighted by Gasteiger charge is 1.99. The minimum absolute atomic E-state index is 0.0502. The van der Waals surface area contributed by atoms with Crippen LogP contribution in [-0.4, -0.2) is 27.3 Å². The fourth-order valence-corrected chi connectivity index (χ4v) is 0.961. The monoisotopic (exact) mass is 166 g/mol. The average Bonchev–Trinajstić information content (AvgIpc) is 1.59. The van der Waals surface area contributed by atoms with E-state index in [1.165, 1.54) is 0 Å². The minimum Gasteiger partial charge on any atom is -0.328 e. The van der Waals surface area contributed by atoms with Crippen LogP contribution in [0.2, 0.25) is 0 Å². The highest BCUT2D eigenvalue weighted by molar-refractivity contribution is 7.88. The van der Waals surface area contributed by atoms with E-state index < -0.39 is 10.0 Å². The van der Waals surface area contributed by atoms with Crippen LogP contribution in [-0.2, 0) is 10.0 Å². The van der Waals surface area contributed by atoms with Gasteiger partial charge in [-0.15, -0.1) is 0 Å². The lowest BCUT2D eigenvalue weighted by atomic mass is 10.3. The predicted octanol–water partition coefficient (Wildman–Crippen LogP) is -0.727. The van der Waals surface area contributed by atoms with Gasteiger partial charge in [0.05, 0.1) is 6.26 Å². The first kappa shape index (κ1) is 9.87. The smallest absolute Gasteiger partial charge is 0.208 e. The Balaban J connectivity index is 3.39. The van der Waals surface area contributed by atoms with Gasteiger partial charge < -0.3 is 5.73 Å². The van der Waals surface area contributed by atoms with Gasteiger partial charge in [0.2, 0.25) is 10.0 Å². The normalized spacial score (nSPS) is 15.1. The number of hydrogen-bond donors (Lipinski definition) is 2. The summed E-state index contributed by atoms with van der Waals surface area (Å²) in [4.78, 5) is 0. The Hall–Kier alpha value is -0.130. The topological polar surface area (TPSA) is 72.2 Å². The van der Waals surface area contributed by atoms with E-state index >= 15 is 0 Å². The summed E-state index contributed by atoms with van der Waals surface area (Å²) in [6, 6.07) is 0.0502. The largest absolute Gasteiger partial charge is 0.328 e. The molecule has 0 aromatic heterocycles. The first-order valence-electron chi connectivity index (χ1n) is 3.12. The fraction of sp³-hybridized carbons (Fsp3) is 1.00. The van der Waals surface area contributed by atoms with Gasteiger partial charge in [-0.1, -0.05) is 0 Å². The molecular weight excluding hydrogens is 152 g/mol. The van der Waals surface area contributed by atoms with Gasteiger partial charge in [-0.2, -0.15) is 0 Å². The van der Waals surface area contributed by atoms with E-state index in [0.717, 1.165) is 6.26 Å². The van der Waals surface area contributed by atoms with Crippen LogP contribution in [0.3, 0.4) is 0 Å². The number of hydrogen-bond acceptors (Lipinski definition) is 3. The summed E-state index contributed by atoms with van der Waals surface area (Å²) in [6.45, 7) is 2.26. The lowest BCUT2D eigenvalue weighted by Gasteiger charge is -2.03. The second kappa shape index (κ2) is 3.90. The van der Waals surface area contributed by atoms with E-state index in [4.69, 9.17) is 5.73 Å². The van der Waals surface area contributed by atoms with Gasteiger partial charge in [-0.3, -0.25) is 0 Å². The second-order valence-electron chi connectivity index (χ2n) is 2.43. The van der Waals surface area contributed by atoms with Crippen molar-refractivity contribution in [2.75, 3.05) is 12.8 Å². The molecule has 5 heteroatoms. The molecule has 10 heavy (non-hydrogen) atoms. The van der Waals surface area contributed by atoms with Gasteiger partial charge in [0.1, 0.15) is 0 Å². The lowest BCUT2D eigenvalue weighted by molar-refractivity contribution is 0.577. The molecule has 0 saturated heterocycles. The zero-order valence-corrected chi connectivity index (χ0v) is 7.11. The van der Waals surface area contributed by atoms with Crippen LogP contribution in [0.15, 0.2) is 0 Å². The van der Waals surface area contributed by atoms with Gasteiger partial charge in [-0.25, -0.2) is 13.1 Å². The van der Waals surface area contributed by atoms with Crippen LogP contribution >= 0.6 is 0 Å². The van der Waals surface area contributed by atoms with Crippen molar-refractivity contribution in [1.82, 2.24) is 4.72 Å². The van der Waals surface area contributed by atoms with E-state index in [2.05, 4.69) is 4.72 Å². The summed E-state index contributed by atoms with van der Waals surface area (Å²) in [5, 5.41) is 0. The van der Waals surface area contributed by atoms with Gasteiger partial charge in [0.25, 0.3) is 0 Å². The van der Waals surface area contributed by atoms with Crippen molar-refractivity contribution in [2.45, 2.75) is 19.4 Å². The maximum Gasteiger partial charge on any atom is 0.208 e. The third-order valence-corrected chi connectivity index (χ3v) is 1.69. The van der Waals surface area contributed by atoms with Crippen molar-refractivity contribution in [1.29, 1.82) is 0 Å². The molecule has 0 amide bonds. The molecule has 3 N–H and O–H groups in total. The van der Waals surface area contributed by atoms with Crippen molar-refractivity contribution >= 4 is 10.0 Å². The van der Waals surface area contributed by atoms with E-state index in [1.807, 2.05) is 6.92 Å². The van der Waals surface area contributed by atoms with E-state index in [0.29, 0.717) is 13.0 Å². The Morgan fingerprint density at radius 3 is 2.40 bits per heavy atom. The van der Waals surface area contributed by atoms with Crippen molar-refractivity contribution < 1.29 is 8.42 Å². The summed E-state index contributed by atoms with van der Waals surface area (Å²) >= 11 is 0.